The summed E-state index contributed by atoms with van der Waals surface area (Å²) >= 11 is 0. The van der Waals surface area contributed by atoms with E-state index in [4.69, 9.17) is 9.84 Å². The summed E-state index contributed by atoms with van der Waals surface area (Å²) in [5.74, 6) is -2.56. The molecule has 1 aliphatic heterocycles. The average molecular weight is 168 g/mol. The lowest BCUT2D eigenvalue weighted by molar-refractivity contribution is -0.144. The number of esters is 1. The number of fused-ring (bicyclic) bond motifs is 2. The first kappa shape index (κ1) is 7.34. The molecule has 0 saturated carbocycles. The number of rotatable bonds is 1. The number of hydrogen-bond acceptors (Lipinski definition) is 3. The van der Waals surface area contributed by atoms with Crippen LogP contribution in [-0.4, -0.2) is 23.1 Å². The van der Waals surface area contributed by atoms with Crippen LogP contribution < -0.4 is 0 Å². The molecule has 2 aliphatic rings. The average Bonchev–Trinajstić information content (AvgIpc) is 2.20. The van der Waals surface area contributed by atoms with Gasteiger partial charge < -0.3 is 9.84 Å². The number of ether oxygens (including phenoxy) is 1. The molecule has 1 saturated heterocycles. The maximum atomic E-state index is 11.0. The lowest BCUT2D eigenvalue weighted by Gasteiger charge is -2.16. The second-order valence-electron chi connectivity index (χ2n) is 3.03. The Labute approximate surface area is 68.8 Å². The van der Waals surface area contributed by atoms with Crippen molar-refractivity contribution in [3.05, 3.63) is 12.2 Å². The number of carboxylic acids is 1. The van der Waals surface area contributed by atoms with Crippen LogP contribution >= 0.6 is 0 Å². The van der Waals surface area contributed by atoms with Gasteiger partial charge in [0.1, 0.15) is 12.0 Å². The first-order valence-electron chi connectivity index (χ1n) is 3.80. The van der Waals surface area contributed by atoms with Gasteiger partial charge in [-0.25, -0.2) is 0 Å². The molecule has 0 radical (unpaired) electrons. The molecule has 0 aromatic rings. The van der Waals surface area contributed by atoms with Crippen LogP contribution in [0.25, 0.3) is 0 Å². The molecule has 3 atom stereocenters. The number of carbonyl (C=O) groups excluding carboxylic acids is 1. The standard InChI is InChI=1S/C8H8O4/c9-7(10)6-4-2-1-3-5(6)12-8(4)11/h1-2,4-6H,3H2,(H,9,10)/t4-,5+,6?/m1/s1. The Bertz CT molecular complexity index is 268. The summed E-state index contributed by atoms with van der Waals surface area (Å²) in [5, 5.41) is 8.77. The van der Waals surface area contributed by atoms with Crippen LogP contribution in [0.4, 0.5) is 0 Å². The predicted molar refractivity (Wildman–Crippen MR) is 38.3 cm³/mol. The minimum atomic E-state index is -0.944. The van der Waals surface area contributed by atoms with E-state index in [2.05, 4.69) is 0 Å². The molecule has 0 aromatic carbocycles. The maximum absolute atomic E-state index is 11.0. The van der Waals surface area contributed by atoms with Gasteiger partial charge in [-0.15, -0.1) is 0 Å². The smallest absolute Gasteiger partial charge is 0.314 e. The summed E-state index contributed by atoms with van der Waals surface area (Å²) < 4.78 is 4.88. The highest BCUT2D eigenvalue weighted by molar-refractivity contribution is 5.86. The summed E-state index contributed by atoms with van der Waals surface area (Å²) in [6.45, 7) is 0. The van der Waals surface area contributed by atoms with Gasteiger partial charge >= 0.3 is 11.9 Å². The lowest BCUT2D eigenvalue weighted by Crippen LogP contribution is -2.30. The van der Waals surface area contributed by atoms with Crippen LogP contribution in [0.1, 0.15) is 6.42 Å². The van der Waals surface area contributed by atoms with Gasteiger partial charge in [0, 0.05) is 6.42 Å². The van der Waals surface area contributed by atoms with Crippen molar-refractivity contribution in [2.75, 3.05) is 0 Å². The van der Waals surface area contributed by atoms with Gasteiger partial charge in [0.2, 0.25) is 0 Å². The fourth-order valence-corrected chi connectivity index (χ4v) is 1.74. The Kier molecular flexibility index (Phi) is 1.43. The van der Waals surface area contributed by atoms with E-state index in [0.29, 0.717) is 6.42 Å². The zero-order valence-corrected chi connectivity index (χ0v) is 6.27. The van der Waals surface area contributed by atoms with E-state index >= 15 is 0 Å². The quantitative estimate of drug-likeness (QED) is 0.448. The zero-order valence-electron chi connectivity index (χ0n) is 6.27. The van der Waals surface area contributed by atoms with Crippen molar-refractivity contribution >= 4 is 11.9 Å². The van der Waals surface area contributed by atoms with Crippen molar-refractivity contribution in [3.63, 3.8) is 0 Å². The number of carbonyl (C=O) groups is 2. The highest BCUT2D eigenvalue weighted by Crippen LogP contribution is 2.35. The highest BCUT2D eigenvalue weighted by atomic mass is 16.6. The molecule has 1 unspecified atom stereocenters. The molecule has 64 valence electrons. The van der Waals surface area contributed by atoms with Crippen LogP contribution in [0.15, 0.2) is 12.2 Å². The van der Waals surface area contributed by atoms with E-state index in [1.165, 1.54) is 0 Å². The van der Waals surface area contributed by atoms with E-state index in [9.17, 15) is 9.59 Å². The molecule has 1 heterocycles. The van der Waals surface area contributed by atoms with Crippen LogP contribution in [0.3, 0.4) is 0 Å². The molecule has 4 heteroatoms. The van der Waals surface area contributed by atoms with E-state index in [1.807, 2.05) is 0 Å². The summed E-state index contributed by atoms with van der Waals surface area (Å²) in [4.78, 5) is 21.7. The largest absolute Gasteiger partial charge is 0.481 e. The summed E-state index contributed by atoms with van der Waals surface area (Å²) in [7, 11) is 0. The number of aliphatic carboxylic acids is 1. The Morgan fingerprint density at radius 3 is 2.92 bits per heavy atom. The summed E-state index contributed by atoms with van der Waals surface area (Å²) in [6.07, 6.45) is 3.52. The van der Waals surface area contributed by atoms with Crippen molar-refractivity contribution in [3.8, 4) is 0 Å². The Morgan fingerprint density at radius 2 is 2.42 bits per heavy atom. The second kappa shape index (κ2) is 2.33. The maximum Gasteiger partial charge on any atom is 0.314 e. The molecule has 1 N–H and O–H groups in total. The van der Waals surface area contributed by atoms with Crippen LogP contribution in [0.5, 0.6) is 0 Å². The summed E-state index contributed by atoms with van der Waals surface area (Å²) in [6, 6.07) is 0. The first-order chi connectivity index (χ1) is 5.70. The topological polar surface area (TPSA) is 63.6 Å². The van der Waals surface area contributed by atoms with Gasteiger partial charge in [0.05, 0.1) is 5.92 Å². The number of carboxylic acid groups (broad SMARTS) is 1. The van der Waals surface area contributed by atoms with E-state index in [-0.39, 0.29) is 0 Å². The lowest BCUT2D eigenvalue weighted by atomic mass is 9.85. The first-order valence-corrected chi connectivity index (χ1v) is 3.80. The van der Waals surface area contributed by atoms with Crippen molar-refractivity contribution in [1.29, 1.82) is 0 Å². The molecule has 1 aliphatic carbocycles. The van der Waals surface area contributed by atoms with Gasteiger partial charge in [0.15, 0.2) is 0 Å². The van der Waals surface area contributed by atoms with Crippen LogP contribution in [-0.2, 0) is 14.3 Å². The third kappa shape index (κ3) is 0.841. The fraction of sp³-hybridized carbons (Fsp3) is 0.500. The van der Waals surface area contributed by atoms with E-state index in [0.717, 1.165) is 0 Å². The molecular formula is C8H8O4. The molecular weight excluding hydrogens is 160 g/mol. The van der Waals surface area contributed by atoms with Gasteiger partial charge in [-0.05, 0) is 0 Å². The van der Waals surface area contributed by atoms with Crippen LogP contribution in [0.2, 0.25) is 0 Å². The fourth-order valence-electron chi connectivity index (χ4n) is 1.74. The van der Waals surface area contributed by atoms with Crippen molar-refractivity contribution in [2.24, 2.45) is 11.8 Å². The molecule has 2 bridgehead atoms. The van der Waals surface area contributed by atoms with E-state index < -0.39 is 29.9 Å². The molecule has 0 spiro atoms. The third-order valence-corrected chi connectivity index (χ3v) is 2.32. The molecule has 12 heavy (non-hydrogen) atoms. The number of hydrogen-bond donors (Lipinski definition) is 1. The SMILES string of the molecule is O=C(O)C1[C@@H]2CC=C[C@H]1C(=O)O2. The third-order valence-electron chi connectivity index (χ3n) is 2.32. The van der Waals surface area contributed by atoms with Gasteiger partial charge in [-0.3, -0.25) is 9.59 Å². The van der Waals surface area contributed by atoms with Crippen molar-refractivity contribution < 1.29 is 19.4 Å². The highest BCUT2D eigenvalue weighted by Gasteiger charge is 2.48. The molecule has 1 fully saturated rings. The molecule has 2 rings (SSSR count). The molecule has 4 nitrogen and oxygen atoms in total. The van der Waals surface area contributed by atoms with Crippen molar-refractivity contribution in [2.45, 2.75) is 12.5 Å². The Morgan fingerprint density at radius 1 is 1.67 bits per heavy atom. The Hall–Kier alpha value is -1.32. The zero-order chi connectivity index (χ0) is 8.72. The molecule has 0 amide bonds. The van der Waals surface area contributed by atoms with Gasteiger partial charge in [-0.1, -0.05) is 12.2 Å². The minimum absolute atomic E-state index is 0.402. The van der Waals surface area contributed by atoms with Gasteiger partial charge in [-0.2, -0.15) is 0 Å². The van der Waals surface area contributed by atoms with Gasteiger partial charge in [0.25, 0.3) is 0 Å². The monoisotopic (exact) mass is 168 g/mol. The summed E-state index contributed by atoms with van der Waals surface area (Å²) in [5.41, 5.74) is 0. The predicted octanol–water partition coefficient (Wildman–Crippen LogP) is 0.189. The minimum Gasteiger partial charge on any atom is -0.481 e. The Balaban J connectivity index is 2.33. The molecule has 0 aromatic heterocycles. The van der Waals surface area contributed by atoms with Crippen molar-refractivity contribution in [1.82, 2.24) is 0 Å². The second-order valence-corrected chi connectivity index (χ2v) is 3.03. The van der Waals surface area contributed by atoms with Crippen LogP contribution in [0, 0.1) is 11.8 Å². The van der Waals surface area contributed by atoms with E-state index in [1.54, 1.807) is 12.2 Å². The normalized spacial score (nSPS) is 38.0.